The van der Waals surface area contributed by atoms with Crippen LogP contribution in [0.5, 0.6) is 0 Å². The first-order chi connectivity index (χ1) is 8.91. The highest BCUT2D eigenvalue weighted by atomic mass is 32.2. The third-order valence-electron chi connectivity index (χ3n) is 2.65. The average Bonchev–Trinajstić information content (AvgIpc) is 2.71. The Bertz CT molecular complexity index is 469. The number of nitrogens with zero attached hydrogens (tertiary/aromatic N) is 3. The van der Waals surface area contributed by atoms with Crippen molar-refractivity contribution >= 4 is 10.0 Å². The molecular formula is C11H23N5O2S. The molecule has 8 heteroatoms. The van der Waals surface area contributed by atoms with E-state index in [1.54, 1.807) is 17.9 Å². The second-order valence-electron chi connectivity index (χ2n) is 4.81. The number of unbranched alkanes of at least 4 members (excludes halogenated alkanes) is 1. The van der Waals surface area contributed by atoms with Crippen molar-refractivity contribution in [3.63, 3.8) is 0 Å². The molecule has 7 nitrogen and oxygen atoms in total. The van der Waals surface area contributed by atoms with E-state index < -0.39 is 10.0 Å². The fourth-order valence-electron chi connectivity index (χ4n) is 1.52. The van der Waals surface area contributed by atoms with Crippen LogP contribution in [0.15, 0.2) is 6.33 Å². The van der Waals surface area contributed by atoms with Gasteiger partial charge in [-0.1, -0.05) is 13.8 Å². The van der Waals surface area contributed by atoms with E-state index in [2.05, 4.69) is 34.1 Å². The maximum absolute atomic E-state index is 11.7. The fourth-order valence-corrected chi connectivity index (χ4v) is 2.60. The van der Waals surface area contributed by atoms with Crippen molar-refractivity contribution < 1.29 is 8.42 Å². The van der Waals surface area contributed by atoms with Gasteiger partial charge in [-0.15, -0.1) is 10.2 Å². The minimum Gasteiger partial charge on any atom is -0.320 e. The second kappa shape index (κ2) is 7.56. The number of aryl methyl sites for hydroxylation is 1. The van der Waals surface area contributed by atoms with Gasteiger partial charge in [-0.05, 0) is 19.4 Å². The SMILES string of the molecule is CC(C)NCCCCS(=O)(=O)NCc1nncn1C. The van der Waals surface area contributed by atoms with Gasteiger partial charge in [0.2, 0.25) is 10.0 Å². The minimum absolute atomic E-state index is 0.143. The number of sulfonamides is 1. The Morgan fingerprint density at radius 1 is 1.37 bits per heavy atom. The van der Waals surface area contributed by atoms with Crippen LogP contribution >= 0.6 is 0 Å². The number of rotatable bonds is 9. The van der Waals surface area contributed by atoms with Crippen LogP contribution in [0, 0.1) is 0 Å². The summed E-state index contributed by atoms with van der Waals surface area (Å²) in [6.07, 6.45) is 3.04. The molecule has 19 heavy (non-hydrogen) atoms. The van der Waals surface area contributed by atoms with Gasteiger partial charge in [0.25, 0.3) is 0 Å². The summed E-state index contributed by atoms with van der Waals surface area (Å²) in [5.74, 6) is 0.745. The van der Waals surface area contributed by atoms with Gasteiger partial charge in [0.15, 0.2) is 0 Å². The molecule has 0 fully saturated rings. The molecule has 1 aromatic rings. The molecule has 110 valence electrons. The molecule has 1 heterocycles. The smallest absolute Gasteiger partial charge is 0.212 e. The molecule has 0 spiro atoms. The number of hydrogen-bond acceptors (Lipinski definition) is 5. The summed E-state index contributed by atoms with van der Waals surface area (Å²) >= 11 is 0. The molecule has 2 N–H and O–H groups in total. The molecule has 1 rings (SSSR count). The number of hydrogen-bond donors (Lipinski definition) is 2. The Hall–Kier alpha value is -0.990. The van der Waals surface area contributed by atoms with Gasteiger partial charge in [-0.25, -0.2) is 13.1 Å². The van der Waals surface area contributed by atoms with Gasteiger partial charge < -0.3 is 9.88 Å². The lowest BCUT2D eigenvalue weighted by atomic mass is 10.3. The molecule has 0 bridgehead atoms. The van der Waals surface area contributed by atoms with Crippen LogP contribution < -0.4 is 10.0 Å². The highest BCUT2D eigenvalue weighted by Gasteiger charge is 2.11. The largest absolute Gasteiger partial charge is 0.320 e. The number of aromatic nitrogens is 3. The van der Waals surface area contributed by atoms with Gasteiger partial charge in [0, 0.05) is 13.1 Å². The first-order valence-electron chi connectivity index (χ1n) is 6.44. The second-order valence-corrected chi connectivity index (χ2v) is 6.74. The lowest BCUT2D eigenvalue weighted by Crippen LogP contribution is -2.28. The van der Waals surface area contributed by atoms with Crippen molar-refractivity contribution in [2.45, 2.75) is 39.3 Å². The Morgan fingerprint density at radius 3 is 2.68 bits per heavy atom. The monoisotopic (exact) mass is 289 g/mol. The van der Waals surface area contributed by atoms with E-state index in [1.807, 2.05) is 0 Å². The zero-order chi connectivity index (χ0) is 14.3. The zero-order valence-electron chi connectivity index (χ0n) is 11.8. The quantitative estimate of drug-likeness (QED) is 0.625. The molecule has 0 aromatic carbocycles. The van der Waals surface area contributed by atoms with E-state index in [9.17, 15) is 8.42 Å². The minimum atomic E-state index is -3.23. The molecular weight excluding hydrogens is 266 g/mol. The Labute approximate surface area is 114 Å². The van der Waals surface area contributed by atoms with Gasteiger partial charge >= 0.3 is 0 Å². The molecule has 0 saturated heterocycles. The molecule has 0 amide bonds. The molecule has 1 aromatic heterocycles. The van der Waals surface area contributed by atoms with Crippen LogP contribution in [0.4, 0.5) is 0 Å². The predicted molar refractivity (Wildman–Crippen MR) is 74.0 cm³/mol. The standard InChI is InChI=1S/C11H23N5O2S/c1-10(2)12-6-4-5-7-19(17,18)14-8-11-15-13-9-16(11)3/h9-10,12,14H,4-8H2,1-3H3. The highest BCUT2D eigenvalue weighted by Crippen LogP contribution is 1.97. The lowest BCUT2D eigenvalue weighted by Gasteiger charge is -2.08. The first kappa shape index (κ1) is 16.1. The van der Waals surface area contributed by atoms with Crippen molar-refractivity contribution in [2.24, 2.45) is 7.05 Å². The molecule has 0 atom stereocenters. The van der Waals surface area contributed by atoms with Gasteiger partial charge in [0.1, 0.15) is 12.2 Å². The van der Waals surface area contributed by atoms with Crippen LogP contribution in [0.25, 0.3) is 0 Å². The molecule has 0 saturated carbocycles. The molecule has 0 aliphatic carbocycles. The fraction of sp³-hybridized carbons (Fsp3) is 0.818. The van der Waals surface area contributed by atoms with E-state index >= 15 is 0 Å². The van der Waals surface area contributed by atoms with Crippen molar-refractivity contribution in [1.82, 2.24) is 24.8 Å². The van der Waals surface area contributed by atoms with Gasteiger partial charge in [-0.3, -0.25) is 0 Å². The summed E-state index contributed by atoms with van der Waals surface area (Å²) in [6.45, 7) is 5.16. The van der Waals surface area contributed by atoms with E-state index in [0.29, 0.717) is 18.3 Å². The predicted octanol–water partition coefficient (Wildman–Crippen LogP) is 0.0127. The first-order valence-corrected chi connectivity index (χ1v) is 8.09. The normalized spacial score (nSPS) is 12.2. The van der Waals surface area contributed by atoms with Crippen LogP contribution in [0.3, 0.4) is 0 Å². The van der Waals surface area contributed by atoms with Crippen LogP contribution in [-0.4, -0.2) is 41.5 Å². The van der Waals surface area contributed by atoms with E-state index in [-0.39, 0.29) is 12.3 Å². The molecule has 0 aliphatic rings. The topological polar surface area (TPSA) is 88.9 Å². The summed E-state index contributed by atoms with van der Waals surface area (Å²) in [6, 6.07) is 0.436. The van der Waals surface area contributed by atoms with E-state index in [4.69, 9.17) is 0 Å². The lowest BCUT2D eigenvalue weighted by molar-refractivity contribution is 0.554. The Morgan fingerprint density at radius 2 is 2.11 bits per heavy atom. The zero-order valence-corrected chi connectivity index (χ0v) is 12.6. The summed E-state index contributed by atoms with van der Waals surface area (Å²) in [4.78, 5) is 0. The van der Waals surface area contributed by atoms with Crippen molar-refractivity contribution in [3.05, 3.63) is 12.2 Å². The van der Waals surface area contributed by atoms with Crippen molar-refractivity contribution in [2.75, 3.05) is 12.3 Å². The van der Waals surface area contributed by atoms with Crippen LogP contribution in [-0.2, 0) is 23.6 Å². The summed E-state index contributed by atoms with van der Waals surface area (Å²) in [5.41, 5.74) is 0. The van der Waals surface area contributed by atoms with Crippen LogP contribution in [0.1, 0.15) is 32.5 Å². The third-order valence-corrected chi connectivity index (χ3v) is 4.06. The van der Waals surface area contributed by atoms with Crippen LogP contribution in [0.2, 0.25) is 0 Å². The van der Waals surface area contributed by atoms with Crippen molar-refractivity contribution in [3.8, 4) is 0 Å². The summed E-state index contributed by atoms with van der Waals surface area (Å²) in [7, 11) is -1.46. The van der Waals surface area contributed by atoms with E-state index in [0.717, 1.165) is 13.0 Å². The van der Waals surface area contributed by atoms with Gasteiger partial charge in [0.05, 0.1) is 12.3 Å². The summed E-state index contributed by atoms with van der Waals surface area (Å²) in [5, 5.41) is 10.8. The maximum Gasteiger partial charge on any atom is 0.212 e. The Balaban J connectivity index is 2.23. The molecule has 0 radical (unpaired) electrons. The number of nitrogens with one attached hydrogen (secondary N) is 2. The van der Waals surface area contributed by atoms with Crippen molar-refractivity contribution in [1.29, 1.82) is 0 Å². The maximum atomic E-state index is 11.7. The molecule has 0 aliphatic heterocycles. The Kier molecular flexibility index (Phi) is 6.40. The highest BCUT2D eigenvalue weighted by molar-refractivity contribution is 7.89. The average molecular weight is 289 g/mol. The third kappa shape index (κ3) is 6.65. The van der Waals surface area contributed by atoms with E-state index in [1.165, 1.54) is 0 Å². The summed E-state index contributed by atoms with van der Waals surface area (Å²) < 4.78 is 27.7. The van der Waals surface area contributed by atoms with Gasteiger partial charge in [-0.2, -0.15) is 0 Å². The molecule has 0 unspecified atom stereocenters.